The van der Waals surface area contributed by atoms with Crippen molar-refractivity contribution >= 4 is 11.6 Å². The van der Waals surface area contributed by atoms with E-state index in [1.54, 1.807) is 6.07 Å². The van der Waals surface area contributed by atoms with Crippen LogP contribution in [0.4, 0.5) is 8.78 Å². The molecule has 1 nitrogen and oxygen atoms in total. The average molecular weight is 310 g/mol. The Balaban J connectivity index is 2.35. The fraction of sp³-hybridized carbons (Fsp3) is 0.294. The first-order valence-corrected chi connectivity index (χ1v) is 7.33. The van der Waals surface area contributed by atoms with Gasteiger partial charge in [-0.3, -0.25) is 0 Å². The van der Waals surface area contributed by atoms with Gasteiger partial charge in [-0.15, -0.1) is 0 Å². The van der Waals surface area contributed by atoms with Gasteiger partial charge in [-0.05, 0) is 54.8 Å². The monoisotopic (exact) mass is 309 g/mol. The predicted molar refractivity (Wildman–Crippen MR) is 82.7 cm³/mol. The lowest BCUT2D eigenvalue weighted by molar-refractivity contribution is 0.480. The minimum absolute atomic E-state index is 0.106. The van der Waals surface area contributed by atoms with E-state index in [1.165, 1.54) is 6.07 Å². The normalized spacial score (nSPS) is 12.4. The van der Waals surface area contributed by atoms with Crippen LogP contribution in [0.3, 0.4) is 0 Å². The highest BCUT2D eigenvalue weighted by molar-refractivity contribution is 6.30. The van der Waals surface area contributed by atoms with Crippen LogP contribution in [0.25, 0.3) is 0 Å². The Morgan fingerprint density at radius 2 is 1.95 bits per heavy atom. The minimum atomic E-state index is -0.814. The van der Waals surface area contributed by atoms with Crippen molar-refractivity contribution in [2.75, 3.05) is 6.54 Å². The van der Waals surface area contributed by atoms with E-state index in [2.05, 4.69) is 5.32 Å². The predicted octanol–water partition coefficient (Wildman–Crippen LogP) is 4.82. The van der Waals surface area contributed by atoms with Gasteiger partial charge < -0.3 is 5.32 Å². The molecular weight excluding hydrogens is 292 g/mol. The molecule has 21 heavy (non-hydrogen) atoms. The Labute approximate surface area is 128 Å². The molecule has 2 rings (SSSR count). The Bertz CT molecular complexity index is 628. The molecule has 0 aliphatic rings. The summed E-state index contributed by atoms with van der Waals surface area (Å²) in [6.07, 6.45) is 0.374. The van der Waals surface area contributed by atoms with Crippen LogP contribution in [0, 0.1) is 18.6 Å². The molecule has 2 aromatic rings. The van der Waals surface area contributed by atoms with E-state index in [0.29, 0.717) is 17.0 Å². The van der Waals surface area contributed by atoms with Gasteiger partial charge in [0.25, 0.3) is 0 Å². The molecule has 0 spiro atoms. The fourth-order valence-electron chi connectivity index (χ4n) is 2.45. The van der Waals surface area contributed by atoms with Gasteiger partial charge >= 0.3 is 0 Å². The molecule has 0 aromatic heterocycles. The topological polar surface area (TPSA) is 12.0 Å². The SMILES string of the molecule is CCNC(Cc1cccc(F)c1F)c1cc(Cl)ccc1C. The molecule has 0 bridgehead atoms. The highest BCUT2D eigenvalue weighted by Crippen LogP contribution is 2.26. The lowest BCUT2D eigenvalue weighted by Gasteiger charge is -2.21. The van der Waals surface area contributed by atoms with Crippen molar-refractivity contribution in [3.63, 3.8) is 0 Å². The maximum atomic E-state index is 13.9. The van der Waals surface area contributed by atoms with E-state index < -0.39 is 11.6 Å². The Hall–Kier alpha value is -1.45. The molecule has 0 saturated heterocycles. The number of hydrogen-bond acceptors (Lipinski definition) is 1. The molecule has 0 radical (unpaired) electrons. The van der Waals surface area contributed by atoms with Crippen LogP contribution >= 0.6 is 11.6 Å². The summed E-state index contributed by atoms with van der Waals surface area (Å²) in [6.45, 7) is 4.69. The van der Waals surface area contributed by atoms with Crippen molar-refractivity contribution in [2.24, 2.45) is 0 Å². The molecule has 112 valence electrons. The van der Waals surface area contributed by atoms with Gasteiger partial charge in [0.2, 0.25) is 0 Å². The quantitative estimate of drug-likeness (QED) is 0.835. The first kappa shape index (κ1) is 15.9. The van der Waals surface area contributed by atoms with Gasteiger partial charge in [-0.2, -0.15) is 0 Å². The first-order valence-electron chi connectivity index (χ1n) is 6.95. The van der Waals surface area contributed by atoms with Gasteiger partial charge in [-0.25, -0.2) is 8.78 Å². The maximum Gasteiger partial charge on any atom is 0.162 e. The first-order chi connectivity index (χ1) is 10.0. The minimum Gasteiger partial charge on any atom is -0.310 e. The lowest BCUT2D eigenvalue weighted by Crippen LogP contribution is -2.24. The second-order valence-electron chi connectivity index (χ2n) is 5.03. The maximum absolute atomic E-state index is 13.9. The Kier molecular flexibility index (Phi) is 5.32. The number of likely N-dealkylation sites (N-methyl/N-ethyl adjacent to an activating group) is 1. The molecule has 0 amide bonds. The summed E-state index contributed by atoms with van der Waals surface area (Å²) in [5.41, 5.74) is 2.44. The smallest absolute Gasteiger partial charge is 0.162 e. The molecule has 0 saturated carbocycles. The largest absolute Gasteiger partial charge is 0.310 e. The van der Waals surface area contributed by atoms with Crippen molar-refractivity contribution in [3.05, 3.63) is 69.7 Å². The second-order valence-corrected chi connectivity index (χ2v) is 5.46. The van der Waals surface area contributed by atoms with E-state index in [9.17, 15) is 8.78 Å². The highest BCUT2D eigenvalue weighted by atomic mass is 35.5. The molecule has 1 unspecified atom stereocenters. The highest BCUT2D eigenvalue weighted by Gasteiger charge is 2.17. The number of nitrogens with one attached hydrogen (secondary N) is 1. The van der Waals surface area contributed by atoms with Gasteiger partial charge in [0, 0.05) is 11.1 Å². The summed E-state index contributed by atoms with van der Waals surface area (Å²) in [7, 11) is 0. The van der Waals surface area contributed by atoms with E-state index in [1.807, 2.05) is 32.0 Å². The zero-order valence-electron chi connectivity index (χ0n) is 12.1. The summed E-state index contributed by atoms with van der Waals surface area (Å²) >= 11 is 6.06. The van der Waals surface area contributed by atoms with E-state index >= 15 is 0 Å². The van der Waals surface area contributed by atoms with E-state index in [0.717, 1.165) is 23.7 Å². The summed E-state index contributed by atoms with van der Waals surface area (Å²) in [5, 5.41) is 3.95. The van der Waals surface area contributed by atoms with E-state index in [-0.39, 0.29) is 6.04 Å². The van der Waals surface area contributed by atoms with Crippen molar-refractivity contribution in [3.8, 4) is 0 Å². The third-order valence-corrected chi connectivity index (χ3v) is 3.76. The van der Waals surface area contributed by atoms with Crippen LogP contribution in [-0.4, -0.2) is 6.54 Å². The van der Waals surface area contributed by atoms with Gasteiger partial charge in [0.15, 0.2) is 11.6 Å². The summed E-state index contributed by atoms with van der Waals surface area (Å²) < 4.78 is 27.2. The van der Waals surface area contributed by atoms with Crippen LogP contribution in [0.15, 0.2) is 36.4 Å². The Morgan fingerprint density at radius 1 is 1.19 bits per heavy atom. The van der Waals surface area contributed by atoms with Crippen LogP contribution in [0.1, 0.15) is 29.7 Å². The van der Waals surface area contributed by atoms with Gasteiger partial charge in [0.1, 0.15) is 0 Å². The molecule has 0 aliphatic heterocycles. The van der Waals surface area contributed by atoms with Crippen molar-refractivity contribution in [2.45, 2.75) is 26.3 Å². The molecule has 0 aliphatic carbocycles. The Morgan fingerprint density at radius 3 is 2.67 bits per heavy atom. The third kappa shape index (κ3) is 3.80. The van der Waals surface area contributed by atoms with Crippen LogP contribution in [0.2, 0.25) is 5.02 Å². The van der Waals surface area contributed by atoms with Gasteiger partial charge in [0.05, 0.1) is 0 Å². The molecule has 4 heteroatoms. The van der Waals surface area contributed by atoms with Crippen molar-refractivity contribution < 1.29 is 8.78 Å². The fourth-order valence-corrected chi connectivity index (χ4v) is 2.63. The second kappa shape index (κ2) is 7.01. The summed E-state index contributed by atoms with van der Waals surface area (Å²) in [6, 6.07) is 9.80. The molecule has 1 atom stereocenters. The third-order valence-electron chi connectivity index (χ3n) is 3.52. The average Bonchev–Trinajstić information content (AvgIpc) is 2.46. The summed E-state index contributed by atoms with van der Waals surface area (Å²) in [4.78, 5) is 0. The number of hydrogen-bond donors (Lipinski definition) is 1. The van der Waals surface area contributed by atoms with Crippen molar-refractivity contribution in [1.29, 1.82) is 0 Å². The van der Waals surface area contributed by atoms with Crippen molar-refractivity contribution in [1.82, 2.24) is 5.32 Å². The van der Waals surface area contributed by atoms with Crippen LogP contribution in [-0.2, 0) is 6.42 Å². The number of halogens is 3. The zero-order chi connectivity index (χ0) is 15.4. The zero-order valence-corrected chi connectivity index (χ0v) is 12.8. The summed E-state index contributed by atoms with van der Waals surface area (Å²) in [5.74, 6) is -1.59. The molecule has 2 aromatic carbocycles. The van der Waals surface area contributed by atoms with Gasteiger partial charge in [-0.1, -0.05) is 36.7 Å². The van der Waals surface area contributed by atoms with Crippen LogP contribution < -0.4 is 5.32 Å². The molecule has 0 fully saturated rings. The molecule has 0 heterocycles. The number of aryl methyl sites for hydroxylation is 1. The van der Waals surface area contributed by atoms with Crippen LogP contribution in [0.5, 0.6) is 0 Å². The van der Waals surface area contributed by atoms with E-state index in [4.69, 9.17) is 11.6 Å². The number of rotatable bonds is 5. The standard InChI is InChI=1S/C17H18ClF2N/c1-3-21-16(14-10-13(18)8-7-11(14)2)9-12-5-4-6-15(19)17(12)20/h4-8,10,16,21H,3,9H2,1-2H3. The number of benzene rings is 2. The molecule has 1 N–H and O–H groups in total. The lowest BCUT2D eigenvalue weighted by atomic mass is 9.95. The molecular formula is C17H18ClF2N.